The van der Waals surface area contributed by atoms with Crippen molar-refractivity contribution in [1.82, 2.24) is 9.97 Å². The van der Waals surface area contributed by atoms with Crippen LogP contribution in [-0.2, 0) is 4.74 Å². The van der Waals surface area contributed by atoms with E-state index in [4.69, 9.17) is 24.8 Å². The number of nitrogens with one attached hydrogen (secondary N) is 1. The molecule has 1 aliphatic heterocycles. The number of ether oxygens (including phenoxy) is 2. The molecule has 4 N–H and O–H groups in total. The third-order valence-corrected chi connectivity index (χ3v) is 2.58. The number of aromatic nitrogens is 2. The van der Waals surface area contributed by atoms with Gasteiger partial charge in [-0.05, 0) is 6.92 Å². The van der Waals surface area contributed by atoms with Crippen molar-refractivity contribution in [3.63, 3.8) is 0 Å². The minimum atomic E-state index is -0.921. The zero-order valence-electron chi connectivity index (χ0n) is 10.7. The molecule has 1 aliphatic rings. The van der Waals surface area contributed by atoms with E-state index < -0.39 is 18.3 Å². The lowest BCUT2D eigenvalue weighted by molar-refractivity contribution is -0.00588. The van der Waals surface area contributed by atoms with Gasteiger partial charge in [0.25, 0.3) is 0 Å². The Labute approximate surface area is 109 Å². The van der Waals surface area contributed by atoms with E-state index in [9.17, 15) is 4.79 Å². The van der Waals surface area contributed by atoms with Crippen molar-refractivity contribution in [1.29, 1.82) is 0 Å². The fourth-order valence-corrected chi connectivity index (χ4v) is 1.48. The number of aryl methyl sites for hydroxylation is 1. The van der Waals surface area contributed by atoms with Crippen LogP contribution in [0.5, 0.6) is 5.88 Å². The molecule has 1 aromatic rings. The van der Waals surface area contributed by atoms with Crippen LogP contribution in [0.4, 0.5) is 0 Å². The molecule has 8 nitrogen and oxygen atoms in total. The third-order valence-electron chi connectivity index (χ3n) is 2.58. The predicted octanol–water partition coefficient (Wildman–Crippen LogP) is -1.81. The van der Waals surface area contributed by atoms with E-state index in [1.165, 1.54) is 7.11 Å². The average Bonchev–Trinajstić information content (AvgIpc) is 2.73. The van der Waals surface area contributed by atoms with Crippen LogP contribution in [-0.4, -0.2) is 63.9 Å². The lowest BCUT2D eigenvalue weighted by Gasteiger charge is -2.10. The molecule has 0 spiro atoms. The van der Waals surface area contributed by atoms with Gasteiger partial charge in [0.1, 0.15) is 18.3 Å². The van der Waals surface area contributed by atoms with E-state index in [0.717, 1.165) is 5.56 Å². The summed E-state index contributed by atoms with van der Waals surface area (Å²) in [4.78, 5) is 16.5. The van der Waals surface area contributed by atoms with Crippen LogP contribution < -0.4 is 10.4 Å². The Bertz CT molecular complexity index is 449. The fraction of sp³-hybridized carbons (Fsp3) is 0.636. The smallest absolute Gasteiger partial charge is 0.348 e. The molecule has 0 bridgehead atoms. The monoisotopic (exact) mass is 274 g/mol. The van der Waals surface area contributed by atoms with Gasteiger partial charge in [0.15, 0.2) is 0 Å². The summed E-state index contributed by atoms with van der Waals surface area (Å²) in [5.74, 6) is 0.378. The topological polar surface area (TPSA) is 125 Å². The maximum Gasteiger partial charge on any atom is 0.348 e. The molecule has 108 valence electrons. The molecule has 1 fully saturated rings. The van der Waals surface area contributed by atoms with Gasteiger partial charge in [-0.15, -0.1) is 0 Å². The molecule has 0 saturated carbocycles. The van der Waals surface area contributed by atoms with Gasteiger partial charge < -0.3 is 29.8 Å². The maximum absolute atomic E-state index is 10.6. The maximum atomic E-state index is 10.6. The molecule has 1 saturated heterocycles. The van der Waals surface area contributed by atoms with Gasteiger partial charge in [0, 0.05) is 11.8 Å². The van der Waals surface area contributed by atoms with Crippen LogP contribution in [0.2, 0.25) is 0 Å². The molecule has 0 unspecified atom stereocenters. The average molecular weight is 274 g/mol. The number of nitrogens with zero attached hydrogens (tertiary/aromatic N) is 1. The molecule has 0 radical (unpaired) electrons. The first-order chi connectivity index (χ1) is 8.99. The SMILES string of the molecule is COc1nc(=O)[nH]cc1C.OC[C@H]1OC[C@H](O)[C@@H]1O. The number of H-pyrrole nitrogens is 1. The number of methoxy groups -OCH3 is 1. The molecule has 3 atom stereocenters. The highest BCUT2D eigenvalue weighted by Crippen LogP contribution is 2.12. The molecule has 0 amide bonds. The minimum absolute atomic E-state index is 0.117. The number of hydrogen-bond acceptors (Lipinski definition) is 7. The van der Waals surface area contributed by atoms with Gasteiger partial charge in [0.05, 0.1) is 20.3 Å². The van der Waals surface area contributed by atoms with Crippen molar-refractivity contribution in [2.75, 3.05) is 20.3 Å². The van der Waals surface area contributed by atoms with Crippen molar-refractivity contribution in [3.05, 3.63) is 22.2 Å². The lowest BCUT2D eigenvalue weighted by atomic mass is 10.2. The standard InChI is InChI=1S/C6H8N2O2.C5H10O4/c1-4-3-7-6(9)8-5(4)10-2;6-1-4-5(8)3(7)2-9-4/h3H,1-2H3,(H,7,8,9);3-8H,1-2H2/t;3-,4+,5-/m.0/s1. The quantitative estimate of drug-likeness (QED) is 0.500. The summed E-state index contributed by atoms with van der Waals surface area (Å²) < 4.78 is 9.57. The second kappa shape index (κ2) is 7.19. The Morgan fingerprint density at radius 1 is 1.58 bits per heavy atom. The Balaban J connectivity index is 0.000000191. The van der Waals surface area contributed by atoms with E-state index in [1.54, 1.807) is 6.20 Å². The summed E-state index contributed by atoms with van der Waals surface area (Å²) in [6, 6.07) is 0. The Hall–Kier alpha value is -1.48. The fourth-order valence-electron chi connectivity index (χ4n) is 1.48. The molecule has 0 aromatic carbocycles. The van der Waals surface area contributed by atoms with Crippen molar-refractivity contribution in [2.24, 2.45) is 0 Å². The highest BCUT2D eigenvalue weighted by Gasteiger charge is 2.33. The highest BCUT2D eigenvalue weighted by molar-refractivity contribution is 5.19. The summed E-state index contributed by atoms with van der Waals surface area (Å²) in [5, 5.41) is 26.2. The van der Waals surface area contributed by atoms with Crippen LogP contribution in [0.1, 0.15) is 5.56 Å². The summed E-state index contributed by atoms with van der Waals surface area (Å²) in [5.41, 5.74) is 0.435. The summed E-state index contributed by atoms with van der Waals surface area (Å²) >= 11 is 0. The first kappa shape index (κ1) is 15.6. The second-order valence-electron chi connectivity index (χ2n) is 4.01. The van der Waals surface area contributed by atoms with Crippen molar-refractivity contribution in [2.45, 2.75) is 25.2 Å². The van der Waals surface area contributed by atoms with Crippen LogP contribution in [0.25, 0.3) is 0 Å². The molecular formula is C11H18N2O6. The summed E-state index contributed by atoms with van der Waals surface area (Å²) in [6.07, 6.45) is -0.786. The zero-order valence-corrected chi connectivity index (χ0v) is 10.7. The molecule has 8 heteroatoms. The first-order valence-electron chi connectivity index (χ1n) is 5.68. The Morgan fingerprint density at radius 2 is 2.26 bits per heavy atom. The van der Waals surface area contributed by atoms with E-state index >= 15 is 0 Å². The summed E-state index contributed by atoms with van der Waals surface area (Å²) in [6.45, 7) is 1.69. The van der Waals surface area contributed by atoms with Crippen molar-refractivity contribution >= 4 is 0 Å². The van der Waals surface area contributed by atoms with Gasteiger partial charge in [0.2, 0.25) is 5.88 Å². The highest BCUT2D eigenvalue weighted by atomic mass is 16.5. The van der Waals surface area contributed by atoms with Gasteiger partial charge >= 0.3 is 5.69 Å². The molecular weight excluding hydrogens is 256 g/mol. The number of rotatable bonds is 2. The first-order valence-corrected chi connectivity index (χ1v) is 5.68. The molecule has 0 aliphatic carbocycles. The molecule has 1 aromatic heterocycles. The van der Waals surface area contributed by atoms with Crippen molar-refractivity contribution in [3.8, 4) is 5.88 Å². The van der Waals surface area contributed by atoms with Crippen molar-refractivity contribution < 1.29 is 24.8 Å². The summed E-state index contributed by atoms with van der Waals surface area (Å²) in [7, 11) is 1.48. The normalized spacial score (nSPS) is 25.6. The van der Waals surface area contributed by atoms with Gasteiger partial charge in [-0.25, -0.2) is 4.79 Å². The number of aliphatic hydroxyl groups is 3. The zero-order chi connectivity index (χ0) is 14.4. The van der Waals surface area contributed by atoms with Crippen LogP contribution in [0.15, 0.2) is 11.0 Å². The minimum Gasteiger partial charge on any atom is -0.481 e. The molecule has 2 heterocycles. The number of aromatic amines is 1. The van der Waals surface area contributed by atoms with Gasteiger partial charge in [-0.3, -0.25) is 0 Å². The number of aliphatic hydroxyl groups excluding tert-OH is 3. The largest absolute Gasteiger partial charge is 0.481 e. The predicted molar refractivity (Wildman–Crippen MR) is 65.0 cm³/mol. The second-order valence-corrected chi connectivity index (χ2v) is 4.01. The van der Waals surface area contributed by atoms with E-state index in [2.05, 4.69) is 9.97 Å². The van der Waals surface area contributed by atoms with E-state index in [1.807, 2.05) is 6.92 Å². The van der Waals surface area contributed by atoms with E-state index in [-0.39, 0.29) is 18.9 Å². The van der Waals surface area contributed by atoms with Crippen LogP contribution >= 0.6 is 0 Å². The Morgan fingerprint density at radius 3 is 2.63 bits per heavy atom. The van der Waals surface area contributed by atoms with Gasteiger partial charge in [-0.2, -0.15) is 4.98 Å². The third kappa shape index (κ3) is 4.28. The number of hydrogen-bond donors (Lipinski definition) is 4. The Kier molecular flexibility index (Phi) is 5.90. The van der Waals surface area contributed by atoms with Crippen LogP contribution in [0, 0.1) is 6.92 Å². The molecule has 19 heavy (non-hydrogen) atoms. The van der Waals surface area contributed by atoms with E-state index in [0.29, 0.717) is 5.88 Å². The van der Waals surface area contributed by atoms with Crippen LogP contribution in [0.3, 0.4) is 0 Å². The van der Waals surface area contributed by atoms with Gasteiger partial charge in [-0.1, -0.05) is 0 Å². The lowest BCUT2D eigenvalue weighted by Crippen LogP contribution is -2.31. The molecule has 2 rings (SSSR count).